The van der Waals surface area contributed by atoms with E-state index in [1.807, 2.05) is 6.92 Å². The molecular formula is C9H11NO4. The number of carbonyl (C=O) groups is 1. The third kappa shape index (κ3) is 2.27. The van der Waals surface area contributed by atoms with Crippen LogP contribution in [0, 0.1) is 6.92 Å². The number of carboxylic acids is 1. The van der Waals surface area contributed by atoms with E-state index in [0.29, 0.717) is 0 Å². The highest BCUT2D eigenvalue weighted by Crippen LogP contribution is 2.14. The van der Waals surface area contributed by atoms with Gasteiger partial charge in [-0.1, -0.05) is 6.07 Å². The van der Waals surface area contributed by atoms with E-state index in [-0.39, 0.29) is 5.69 Å². The van der Waals surface area contributed by atoms with E-state index in [1.54, 1.807) is 6.07 Å². The predicted molar refractivity (Wildman–Crippen MR) is 47.6 cm³/mol. The highest BCUT2D eigenvalue weighted by molar-refractivity contribution is 5.72. The Morgan fingerprint density at radius 3 is 2.50 bits per heavy atom. The first-order valence-corrected chi connectivity index (χ1v) is 4.04. The summed E-state index contributed by atoms with van der Waals surface area (Å²) in [5, 5.41) is 26.8. The van der Waals surface area contributed by atoms with Gasteiger partial charge in [0.15, 0.2) is 6.10 Å². The van der Waals surface area contributed by atoms with Gasteiger partial charge in [0.25, 0.3) is 0 Å². The summed E-state index contributed by atoms with van der Waals surface area (Å²) < 4.78 is 0. The molecule has 0 fully saturated rings. The van der Waals surface area contributed by atoms with Crippen LogP contribution in [0.4, 0.5) is 0 Å². The second kappa shape index (κ2) is 4.17. The molecule has 0 aromatic carbocycles. The molecule has 76 valence electrons. The summed E-state index contributed by atoms with van der Waals surface area (Å²) in [7, 11) is 0. The Kier molecular flexibility index (Phi) is 3.16. The van der Waals surface area contributed by atoms with Crippen molar-refractivity contribution in [2.24, 2.45) is 0 Å². The molecular weight excluding hydrogens is 186 g/mol. The maximum absolute atomic E-state index is 10.3. The number of hydrogen-bond donors (Lipinski definition) is 3. The lowest BCUT2D eigenvalue weighted by atomic mass is 10.1. The van der Waals surface area contributed by atoms with Gasteiger partial charge < -0.3 is 15.3 Å². The average molecular weight is 197 g/mol. The van der Waals surface area contributed by atoms with Crippen LogP contribution in [0.3, 0.4) is 0 Å². The molecule has 0 amide bonds. The van der Waals surface area contributed by atoms with Crippen LogP contribution in [0.15, 0.2) is 18.3 Å². The molecule has 2 unspecified atom stereocenters. The Morgan fingerprint density at radius 1 is 1.43 bits per heavy atom. The summed E-state index contributed by atoms with van der Waals surface area (Å²) in [6.07, 6.45) is -1.84. The van der Waals surface area contributed by atoms with Crippen molar-refractivity contribution in [1.29, 1.82) is 0 Å². The summed E-state index contributed by atoms with van der Waals surface area (Å²) in [5.41, 5.74) is 1.04. The lowest BCUT2D eigenvalue weighted by Gasteiger charge is -2.12. The minimum Gasteiger partial charge on any atom is -0.479 e. The van der Waals surface area contributed by atoms with Crippen molar-refractivity contribution < 1.29 is 20.1 Å². The average Bonchev–Trinajstić information content (AvgIpc) is 2.16. The zero-order valence-electron chi connectivity index (χ0n) is 7.58. The molecule has 0 saturated heterocycles. The third-order valence-corrected chi connectivity index (χ3v) is 1.79. The van der Waals surface area contributed by atoms with Gasteiger partial charge in [-0.05, 0) is 18.6 Å². The lowest BCUT2D eigenvalue weighted by Crippen LogP contribution is -2.28. The normalized spacial score (nSPS) is 14.8. The van der Waals surface area contributed by atoms with Gasteiger partial charge in [-0.3, -0.25) is 4.98 Å². The van der Waals surface area contributed by atoms with E-state index < -0.39 is 18.2 Å². The van der Waals surface area contributed by atoms with Gasteiger partial charge in [0.1, 0.15) is 6.10 Å². The zero-order valence-corrected chi connectivity index (χ0v) is 7.58. The van der Waals surface area contributed by atoms with E-state index in [1.165, 1.54) is 12.3 Å². The van der Waals surface area contributed by atoms with Gasteiger partial charge in [0, 0.05) is 6.20 Å². The fourth-order valence-corrected chi connectivity index (χ4v) is 0.951. The third-order valence-electron chi connectivity index (χ3n) is 1.79. The Hall–Kier alpha value is -1.46. The summed E-state index contributed by atoms with van der Waals surface area (Å²) in [4.78, 5) is 14.2. The second-order valence-electron chi connectivity index (χ2n) is 2.99. The number of pyridine rings is 1. The lowest BCUT2D eigenvalue weighted by molar-refractivity contribution is -0.153. The smallest absolute Gasteiger partial charge is 0.335 e. The first-order chi connectivity index (χ1) is 6.52. The SMILES string of the molecule is Cc1ccc(C(O)C(O)C(=O)O)nc1. The molecule has 1 heterocycles. The van der Waals surface area contributed by atoms with Crippen LogP contribution in [-0.2, 0) is 4.79 Å². The fourth-order valence-electron chi connectivity index (χ4n) is 0.951. The Morgan fingerprint density at radius 2 is 2.07 bits per heavy atom. The van der Waals surface area contributed by atoms with Gasteiger partial charge in [-0.25, -0.2) is 4.79 Å². The molecule has 1 rings (SSSR count). The molecule has 0 saturated carbocycles. The first-order valence-electron chi connectivity index (χ1n) is 4.04. The standard InChI is InChI=1S/C9H11NO4/c1-5-2-3-6(10-4-5)7(11)8(12)9(13)14/h2-4,7-8,11-12H,1H3,(H,13,14). The van der Waals surface area contributed by atoms with Crippen LogP contribution < -0.4 is 0 Å². The maximum atomic E-state index is 10.3. The van der Waals surface area contributed by atoms with Crippen molar-refractivity contribution in [1.82, 2.24) is 4.98 Å². The monoisotopic (exact) mass is 197 g/mol. The molecule has 14 heavy (non-hydrogen) atoms. The van der Waals surface area contributed by atoms with Crippen molar-refractivity contribution in [2.75, 3.05) is 0 Å². The van der Waals surface area contributed by atoms with E-state index in [9.17, 15) is 9.90 Å². The minimum absolute atomic E-state index is 0.144. The van der Waals surface area contributed by atoms with E-state index in [4.69, 9.17) is 10.2 Å². The zero-order chi connectivity index (χ0) is 10.7. The molecule has 0 spiro atoms. The predicted octanol–water partition coefficient (Wildman–Crippen LogP) is -0.131. The Labute approximate surface area is 80.7 Å². The number of nitrogens with zero attached hydrogens (tertiary/aromatic N) is 1. The van der Waals surface area contributed by atoms with Crippen LogP contribution in [0.1, 0.15) is 17.4 Å². The van der Waals surface area contributed by atoms with Gasteiger partial charge in [-0.15, -0.1) is 0 Å². The molecule has 3 N–H and O–H groups in total. The Bertz CT molecular complexity index is 322. The highest BCUT2D eigenvalue weighted by atomic mass is 16.4. The molecule has 0 aliphatic rings. The van der Waals surface area contributed by atoms with E-state index >= 15 is 0 Å². The molecule has 5 heteroatoms. The molecule has 1 aromatic heterocycles. The van der Waals surface area contributed by atoms with Crippen molar-refractivity contribution >= 4 is 5.97 Å². The van der Waals surface area contributed by atoms with Crippen LogP contribution in [0.25, 0.3) is 0 Å². The highest BCUT2D eigenvalue weighted by Gasteiger charge is 2.25. The van der Waals surface area contributed by atoms with Crippen LogP contribution in [-0.4, -0.2) is 32.4 Å². The molecule has 0 aliphatic heterocycles. The van der Waals surface area contributed by atoms with Crippen LogP contribution in [0.2, 0.25) is 0 Å². The van der Waals surface area contributed by atoms with Crippen molar-refractivity contribution in [3.63, 3.8) is 0 Å². The molecule has 0 bridgehead atoms. The summed E-state index contributed by atoms with van der Waals surface area (Å²) in [5.74, 6) is -1.47. The van der Waals surface area contributed by atoms with E-state index in [0.717, 1.165) is 5.56 Å². The molecule has 0 aliphatic carbocycles. The molecule has 2 atom stereocenters. The number of aryl methyl sites for hydroxylation is 1. The Balaban J connectivity index is 2.84. The second-order valence-corrected chi connectivity index (χ2v) is 2.99. The molecule has 1 aromatic rings. The number of aromatic nitrogens is 1. The van der Waals surface area contributed by atoms with Crippen LogP contribution in [0.5, 0.6) is 0 Å². The number of aliphatic carboxylic acids is 1. The topological polar surface area (TPSA) is 90.7 Å². The van der Waals surface area contributed by atoms with Crippen molar-refractivity contribution in [3.8, 4) is 0 Å². The number of hydrogen-bond acceptors (Lipinski definition) is 4. The maximum Gasteiger partial charge on any atom is 0.335 e. The number of carboxylic acid groups (broad SMARTS) is 1. The van der Waals surface area contributed by atoms with Crippen molar-refractivity contribution in [3.05, 3.63) is 29.6 Å². The quantitative estimate of drug-likeness (QED) is 0.627. The van der Waals surface area contributed by atoms with E-state index in [2.05, 4.69) is 4.98 Å². The van der Waals surface area contributed by atoms with Gasteiger partial charge in [-0.2, -0.15) is 0 Å². The van der Waals surface area contributed by atoms with Gasteiger partial charge in [0.05, 0.1) is 5.69 Å². The number of aliphatic hydroxyl groups is 2. The minimum atomic E-state index is -1.84. The largest absolute Gasteiger partial charge is 0.479 e. The molecule has 5 nitrogen and oxygen atoms in total. The van der Waals surface area contributed by atoms with Gasteiger partial charge in [0.2, 0.25) is 0 Å². The van der Waals surface area contributed by atoms with Gasteiger partial charge >= 0.3 is 5.97 Å². The van der Waals surface area contributed by atoms with Crippen molar-refractivity contribution in [2.45, 2.75) is 19.1 Å². The molecule has 0 radical (unpaired) electrons. The summed E-state index contributed by atoms with van der Waals surface area (Å²) in [6.45, 7) is 1.82. The number of rotatable bonds is 3. The summed E-state index contributed by atoms with van der Waals surface area (Å²) >= 11 is 0. The number of aliphatic hydroxyl groups excluding tert-OH is 2. The fraction of sp³-hybridized carbons (Fsp3) is 0.333. The summed E-state index contributed by atoms with van der Waals surface area (Å²) in [6, 6.07) is 3.16. The van der Waals surface area contributed by atoms with Crippen LogP contribution >= 0.6 is 0 Å². The first kappa shape index (κ1) is 10.6.